The fourth-order valence-electron chi connectivity index (χ4n) is 2.02. The molecule has 0 saturated carbocycles. The maximum atomic E-state index is 5.84. The minimum absolute atomic E-state index is 0.115. The van der Waals surface area contributed by atoms with Crippen LogP contribution in [0.4, 0.5) is 5.82 Å². The van der Waals surface area contributed by atoms with E-state index in [-0.39, 0.29) is 6.04 Å². The summed E-state index contributed by atoms with van der Waals surface area (Å²) in [5, 5.41) is 4.55. The van der Waals surface area contributed by atoms with Gasteiger partial charge in [0.2, 0.25) is 0 Å². The summed E-state index contributed by atoms with van der Waals surface area (Å²) in [7, 11) is 2.01. The van der Waals surface area contributed by atoms with Crippen LogP contribution in [0.3, 0.4) is 0 Å². The molecule has 0 aromatic carbocycles. The first kappa shape index (κ1) is 12.8. The molecule has 0 spiro atoms. The molecule has 1 atom stereocenters. The number of hydrogen-bond donors (Lipinski definition) is 1. The van der Waals surface area contributed by atoms with Gasteiger partial charge in [0.15, 0.2) is 5.82 Å². The van der Waals surface area contributed by atoms with E-state index in [1.807, 2.05) is 24.7 Å². The van der Waals surface area contributed by atoms with E-state index >= 15 is 0 Å². The van der Waals surface area contributed by atoms with Gasteiger partial charge in [-0.05, 0) is 18.9 Å². The van der Waals surface area contributed by atoms with Crippen molar-refractivity contribution in [2.45, 2.75) is 32.7 Å². The molecular formula is C13H21N5. The first-order valence-corrected chi connectivity index (χ1v) is 6.30. The van der Waals surface area contributed by atoms with Crippen LogP contribution in [0.15, 0.2) is 18.5 Å². The lowest BCUT2D eigenvalue weighted by atomic mass is 10.1. The van der Waals surface area contributed by atoms with Gasteiger partial charge < -0.3 is 10.6 Å². The second-order valence-corrected chi connectivity index (χ2v) is 5.16. The van der Waals surface area contributed by atoms with Gasteiger partial charge in [0, 0.05) is 32.0 Å². The van der Waals surface area contributed by atoms with E-state index in [1.165, 1.54) is 0 Å². The zero-order valence-corrected chi connectivity index (χ0v) is 11.5. The maximum Gasteiger partial charge on any atom is 0.154 e. The number of likely N-dealkylation sites (N-methyl/N-ethyl adjacent to an activating group) is 1. The van der Waals surface area contributed by atoms with Gasteiger partial charge in [0.25, 0.3) is 0 Å². The number of aromatic nitrogens is 3. The topological polar surface area (TPSA) is 59.5 Å². The largest absolute Gasteiger partial charge is 0.356 e. The molecule has 2 heterocycles. The molecule has 2 aromatic heterocycles. The summed E-state index contributed by atoms with van der Waals surface area (Å²) in [6.45, 7) is 7.04. The molecule has 0 saturated heterocycles. The second-order valence-electron chi connectivity index (χ2n) is 5.16. The van der Waals surface area contributed by atoms with Gasteiger partial charge in [0.1, 0.15) is 5.52 Å². The van der Waals surface area contributed by atoms with Gasteiger partial charge in [-0.3, -0.25) is 0 Å². The van der Waals surface area contributed by atoms with Crippen molar-refractivity contribution >= 4 is 11.3 Å². The van der Waals surface area contributed by atoms with Crippen molar-refractivity contribution < 1.29 is 0 Å². The van der Waals surface area contributed by atoms with E-state index in [4.69, 9.17) is 5.73 Å². The highest BCUT2D eigenvalue weighted by atomic mass is 15.3. The van der Waals surface area contributed by atoms with Gasteiger partial charge in [-0.1, -0.05) is 13.8 Å². The molecule has 0 bridgehead atoms. The average Bonchev–Trinajstić information content (AvgIpc) is 2.71. The average molecular weight is 247 g/mol. The summed E-state index contributed by atoms with van der Waals surface area (Å²) >= 11 is 0. The van der Waals surface area contributed by atoms with E-state index in [0.717, 1.165) is 23.6 Å². The molecule has 0 aliphatic heterocycles. The molecule has 0 radical (unpaired) electrons. The lowest BCUT2D eigenvalue weighted by Gasteiger charge is -2.20. The number of nitrogens with two attached hydrogens (primary N) is 1. The monoisotopic (exact) mass is 247 g/mol. The highest BCUT2D eigenvalue weighted by Gasteiger charge is 2.13. The summed E-state index contributed by atoms with van der Waals surface area (Å²) in [5.41, 5.74) is 7.95. The summed E-state index contributed by atoms with van der Waals surface area (Å²) in [4.78, 5) is 6.52. The third kappa shape index (κ3) is 2.46. The molecule has 0 aliphatic carbocycles. The van der Waals surface area contributed by atoms with Crippen LogP contribution in [0.5, 0.6) is 0 Å². The molecular weight excluding hydrogens is 226 g/mol. The van der Waals surface area contributed by atoms with Crippen LogP contribution >= 0.6 is 0 Å². The van der Waals surface area contributed by atoms with Crippen molar-refractivity contribution in [1.29, 1.82) is 0 Å². The van der Waals surface area contributed by atoms with Crippen molar-refractivity contribution in [3.05, 3.63) is 24.2 Å². The summed E-state index contributed by atoms with van der Waals surface area (Å²) < 4.78 is 1.88. The summed E-state index contributed by atoms with van der Waals surface area (Å²) in [6, 6.07) is 2.22. The Hall–Kier alpha value is -1.62. The predicted molar refractivity (Wildman–Crippen MR) is 74.0 cm³/mol. The Morgan fingerprint density at radius 1 is 1.39 bits per heavy atom. The van der Waals surface area contributed by atoms with Crippen LogP contribution in [0, 0.1) is 0 Å². The van der Waals surface area contributed by atoms with E-state index in [9.17, 15) is 0 Å². The predicted octanol–water partition coefficient (Wildman–Crippen LogP) is 1.64. The molecule has 2 rings (SSSR count). The Bertz CT molecular complexity index is 529. The maximum absolute atomic E-state index is 5.84. The first-order chi connectivity index (χ1) is 8.49. The van der Waals surface area contributed by atoms with E-state index < -0.39 is 0 Å². The van der Waals surface area contributed by atoms with E-state index in [2.05, 4.69) is 34.9 Å². The number of nitrogens with zero attached hydrogens (tertiary/aromatic N) is 4. The molecule has 0 fully saturated rings. The molecule has 2 aromatic rings. The van der Waals surface area contributed by atoms with Crippen LogP contribution in [0.25, 0.3) is 5.52 Å². The fraction of sp³-hybridized carbons (Fsp3) is 0.538. The van der Waals surface area contributed by atoms with E-state index in [1.54, 1.807) is 6.20 Å². The molecule has 2 N–H and O–H groups in total. The van der Waals surface area contributed by atoms with Crippen LogP contribution in [0.1, 0.15) is 32.4 Å². The quantitative estimate of drug-likeness (QED) is 0.892. The van der Waals surface area contributed by atoms with Crippen molar-refractivity contribution in [2.75, 3.05) is 18.5 Å². The number of hydrogen-bond acceptors (Lipinski definition) is 4. The Kier molecular flexibility index (Phi) is 3.52. The third-order valence-corrected chi connectivity index (χ3v) is 2.90. The van der Waals surface area contributed by atoms with Crippen molar-refractivity contribution in [1.82, 2.24) is 14.6 Å². The van der Waals surface area contributed by atoms with Gasteiger partial charge >= 0.3 is 0 Å². The lowest BCUT2D eigenvalue weighted by molar-refractivity contribution is 0.711. The Labute approximate surface area is 108 Å². The summed E-state index contributed by atoms with van der Waals surface area (Å²) in [5.74, 6) is 1.34. The van der Waals surface area contributed by atoms with E-state index in [0.29, 0.717) is 5.92 Å². The molecule has 0 aliphatic rings. The zero-order chi connectivity index (χ0) is 13.3. The second kappa shape index (κ2) is 4.94. The Morgan fingerprint density at radius 3 is 2.72 bits per heavy atom. The van der Waals surface area contributed by atoms with Gasteiger partial charge in [-0.2, -0.15) is 5.10 Å². The molecule has 98 valence electrons. The molecule has 5 heteroatoms. The van der Waals surface area contributed by atoms with Crippen LogP contribution in [-0.4, -0.2) is 34.2 Å². The third-order valence-electron chi connectivity index (χ3n) is 2.90. The minimum Gasteiger partial charge on any atom is -0.356 e. The van der Waals surface area contributed by atoms with Gasteiger partial charge in [-0.25, -0.2) is 9.50 Å². The molecule has 1 unspecified atom stereocenters. The van der Waals surface area contributed by atoms with Gasteiger partial charge in [-0.15, -0.1) is 0 Å². The number of fused-ring (bicyclic) bond motifs is 1. The molecule has 0 amide bonds. The first-order valence-electron chi connectivity index (χ1n) is 6.30. The highest BCUT2D eigenvalue weighted by Crippen LogP contribution is 2.21. The smallest absolute Gasteiger partial charge is 0.154 e. The molecule has 5 nitrogen and oxygen atoms in total. The Balaban J connectivity index is 2.44. The van der Waals surface area contributed by atoms with Crippen LogP contribution < -0.4 is 10.6 Å². The number of anilines is 1. The lowest BCUT2D eigenvalue weighted by Crippen LogP contribution is -2.33. The Morgan fingerprint density at radius 2 is 2.11 bits per heavy atom. The SMILES string of the molecule is CC(N)CN(C)c1nccn2nc(C(C)C)cc12. The minimum atomic E-state index is 0.115. The normalized spacial score (nSPS) is 13.2. The highest BCUT2D eigenvalue weighted by molar-refractivity contribution is 5.69. The van der Waals surface area contributed by atoms with Crippen molar-refractivity contribution in [2.24, 2.45) is 5.73 Å². The standard InChI is InChI=1S/C13H21N5/c1-9(2)11-7-12-13(17(4)8-10(3)14)15-5-6-18(12)16-11/h5-7,9-10H,8,14H2,1-4H3. The van der Waals surface area contributed by atoms with Crippen LogP contribution in [0.2, 0.25) is 0 Å². The van der Waals surface area contributed by atoms with Crippen LogP contribution in [-0.2, 0) is 0 Å². The molecule has 18 heavy (non-hydrogen) atoms. The number of rotatable bonds is 4. The van der Waals surface area contributed by atoms with Gasteiger partial charge in [0.05, 0.1) is 5.69 Å². The summed E-state index contributed by atoms with van der Waals surface area (Å²) in [6.07, 6.45) is 3.65. The van der Waals surface area contributed by atoms with Crippen molar-refractivity contribution in [3.63, 3.8) is 0 Å². The fourth-order valence-corrected chi connectivity index (χ4v) is 2.02. The zero-order valence-electron chi connectivity index (χ0n) is 11.5. The van der Waals surface area contributed by atoms with Crippen molar-refractivity contribution in [3.8, 4) is 0 Å².